The summed E-state index contributed by atoms with van der Waals surface area (Å²) in [5, 5.41) is 7.34. The van der Waals surface area contributed by atoms with Crippen LogP contribution in [-0.2, 0) is 9.47 Å². The van der Waals surface area contributed by atoms with Crippen molar-refractivity contribution in [2.45, 2.75) is 6.04 Å². The molecule has 0 bridgehead atoms. The SMILES string of the molecule is COC(=O)c1ccccc1-n1ncc(NCC(c2cccc(F)c2)N2CCOCC2)c(Cl)c1=O. The molecular weight excluding hydrogens is 463 g/mol. The quantitative estimate of drug-likeness (QED) is 0.513. The number of aromatic nitrogens is 2. The van der Waals surface area contributed by atoms with E-state index >= 15 is 0 Å². The van der Waals surface area contributed by atoms with Gasteiger partial charge in [0.2, 0.25) is 0 Å². The van der Waals surface area contributed by atoms with E-state index in [0.717, 1.165) is 10.2 Å². The maximum Gasteiger partial charge on any atom is 0.340 e. The average molecular weight is 487 g/mol. The second kappa shape index (κ2) is 10.8. The van der Waals surface area contributed by atoms with Gasteiger partial charge in [-0.15, -0.1) is 0 Å². The second-order valence-electron chi connectivity index (χ2n) is 7.70. The van der Waals surface area contributed by atoms with Gasteiger partial charge in [0, 0.05) is 19.6 Å². The minimum Gasteiger partial charge on any atom is -0.465 e. The fourth-order valence-electron chi connectivity index (χ4n) is 3.94. The smallest absolute Gasteiger partial charge is 0.340 e. The minimum absolute atomic E-state index is 0.0744. The van der Waals surface area contributed by atoms with Gasteiger partial charge in [0.15, 0.2) is 0 Å². The number of nitrogens with one attached hydrogen (secondary N) is 1. The van der Waals surface area contributed by atoms with Gasteiger partial charge in [-0.25, -0.2) is 9.18 Å². The van der Waals surface area contributed by atoms with Crippen LogP contribution in [0.25, 0.3) is 5.69 Å². The lowest BCUT2D eigenvalue weighted by Gasteiger charge is -2.35. The highest BCUT2D eigenvalue weighted by atomic mass is 35.5. The van der Waals surface area contributed by atoms with Crippen molar-refractivity contribution in [1.82, 2.24) is 14.7 Å². The number of anilines is 1. The van der Waals surface area contributed by atoms with Crippen LogP contribution in [0, 0.1) is 5.82 Å². The van der Waals surface area contributed by atoms with E-state index in [1.807, 2.05) is 6.07 Å². The Labute approximate surface area is 200 Å². The maximum absolute atomic E-state index is 13.9. The van der Waals surface area contributed by atoms with Crippen molar-refractivity contribution in [2.24, 2.45) is 0 Å². The number of para-hydroxylation sites is 1. The van der Waals surface area contributed by atoms with Crippen LogP contribution in [-0.4, -0.2) is 60.6 Å². The van der Waals surface area contributed by atoms with E-state index < -0.39 is 11.5 Å². The number of rotatable bonds is 7. The van der Waals surface area contributed by atoms with E-state index in [-0.39, 0.29) is 28.1 Å². The Balaban J connectivity index is 1.61. The van der Waals surface area contributed by atoms with Crippen molar-refractivity contribution in [3.8, 4) is 5.69 Å². The summed E-state index contributed by atoms with van der Waals surface area (Å²) in [6.45, 7) is 2.93. The number of hydrogen-bond acceptors (Lipinski definition) is 7. The van der Waals surface area contributed by atoms with E-state index in [0.29, 0.717) is 38.5 Å². The summed E-state index contributed by atoms with van der Waals surface area (Å²) in [7, 11) is 1.26. The lowest BCUT2D eigenvalue weighted by atomic mass is 10.0. The summed E-state index contributed by atoms with van der Waals surface area (Å²) < 4.78 is 25.2. The number of methoxy groups -OCH3 is 1. The van der Waals surface area contributed by atoms with Crippen LogP contribution < -0.4 is 10.9 Å². The summed E-state index contributed by atoms with van der Waals surface area (Å²) in [6, 6.07) is 12.8. The maximum atomic E-state index is 13.9. The molecule has 34 heavy (non-hydrogen) atoms. The van der Waals surface area contributed by atoms with E-state index in [9.17, 15) is 14.0 Å². The highest BCUT2D eigenvalue weighted by molar-refractivity contribution is 6.33. The molecule has 0 radical (unpaired) electrons. The van der Waals surface area contributed by atoms with Gasteiger partial charge in [-0.1, -0.05) is 35.9 Å². The number of carbonyl (C=O) groups is 1. The zero-order valence-corrected chi connectivity index (χ0v) is 19.3. The van der Waals surface area contributed by atoms with Crippen LogP contribution in [0.5, 0.6) is 0 Å². The van der Waals surface area contributed by atoms with E-state index in [1.165, 1.54) is 25.4 Å². The van der Waals surface area contributed by atoms with Crippen LogP contribution in [0.3, 0.4) is 0 Å². The van der Waals surface area contributed by atoms with Gasteiger partial charge in [-0.3, -0.25) is 9.69 Å². The Hall–Kier alpha value is -3.27. The van der Waals surface area contributed by atoms with Crippen molar-refractivity contribution in [2.75, 3.05) is 45.3 Å². The lowest BCUT2D eigenvalue weighted by Crippen LogP contribution is -2.41. The summed E-state index contributed by atoms with van der Waals surface area (Å²) in [5.41, 5.74) is 1.01. The van der Waals surface area contributed by atoms with Crippen LogP contribution in [0.15, 0.2) is 59.5 Å². The molecule has 178 valence electrons. The molecule has 2 aromatic carbocycles. The van der Waals surface area contributed by atoms with E-state index in [2.05, 4.69) is 15.3 Å². The first-order valence-electron chi connectivity index (χ1n) is 10.8. The van der Waals surface area contributed by atoms with Gasteiger partial charge < -0.3 is 14.8 Å². The molecule has 1 N–H and O–H groups in total. The largest absolute Gasteiger partial charge is 0.465 e. The highest BCUT2D eigenvalue weighted by Gasteiger charge is 2.24. The van der Waals surface area contributed by atoms with Gasteiger partial charge in [0.1, 0.15) is 10.8 Å². The normalized spacial score (nSPS) is 15.0. The molecule has 0 saturated carbocycles. The molecule has 0 aliphatic carbocycles. The second-order valence-corrected chi connectivity index (χ2v) is 8.08. The molecule has 0 spiro atoms. The predicted molar refractivity (Wildman–Crippen MR) is 126 cm³/mol. The molecule has 8 nitrogen and oxygen atoms in total. The monoisotopic (exact) mass is 486 g/mol. The summed E-state index contributed by atoms with van der Waals surface area (Å²) in [5.74, 6) is -0.909. The molecule has 1 aliphatic rings. The first kappa shape index (κ1) is 23.9. The van der Waals surface area contributed by atoms with Gasteiger partial charge in [0.25, 0.3) is 5.56 Å². The molecule has 1 atom stereocenters. The number of esters is 1. The van der Waals surface area contributed by atoms with Crippen molar-refractivity contribution < 1.29 is 18.7 Å². The Kier molecular flexibility index (Phi) is 7.56. The fraction of sp³-hybridized carbons (Fsp3) is 0.292. The average Bonchev–Trinajstić information content (AvgIpc) is 2.87. The van der Waals surface area contributed by atoms with Gasteiger partial charge in [-0.05, 0) is 29.8 Å². The van der Waals surface area contributed by atoms with E-state index in [4.69, 9.17) is 21.1 Å². The highest BCUT2D eigenvalue weighted by Crippen LogP contribution is 2.25. The zero-order chi connectivity index (χ0) is 24.1. The molecule has 1 fully saturated rings. The minimum atomic E-state index is -0.592. The first-order chi connectivity index (χ1) is 16.5. The Morgan fingerprint density at radius 2 is 2.00 bits per heavy atom. The van der Waals surface area contributed by atoms with Crippen molar-refractivity contribution >= 4 is 23.3 Å². The molecular formula is C24H24ClFN4O4. The molecule has 4 rings (SSSR count). The van der Waals surface area contributed by atoms with Crippen LogP contribution in [0.2, 0.25) is 5.02 Å². The molecule has 10 heteroatoms. The molecule has 1 aromatic heterocycles. The molecule has 0 amide bonds. The lowest BCUT2D eigenvalue weighted by molar-refractivity contribution is 0.0186. The number of benzene rings is 2. The molecule has 1 unspecified atom stereocenters. The number of ether oxygens (including phenoxy) is 2. The third-order valence-electron chi connectivity index (χ3n) is 5.66. The van der Waals surface area contributed by atoms with Crippen molar-refractivity contribution in [3.05, 3.63) is 87.0 Å². The van der Waals surface area contributed by atoms with E-state index in [1.54, 1.807) is 30.3 Å². The predicted octanol–water partition coefficient (Wildman–Crippen LogP) is 3.30. The van der Waals surface area contributed by atoms with Crippen LogP contribution >= 0.6 is 11.6 Å². The van der Waals surface area contributed by atoms with Gasteiger partial charge in [0.05, 0.1) is 49.5 Å². The summed E-state index contributed by atoms with van der Waals surface area (Å²) in [6.07, 6.45) is 1.43. The van der Waals surface area contributed by atoms with Gasteiger partial charge >= 0.3 is 5.97 Å². The fourth-order valence-corrected chi connectivity index (χ4v) is 4.13. The summed E-state index contributed by atoms with van der Waals surface area (Å²) in [4.78, 5) is 27.3. The molecule has 2 heterocycles. The number of carbonyl (C=O) groups excluding carboxylic acids is 1. The molecule has 1 aliphatic heterocycles. The number of nitrogens with zero attached hydrogens (tertiary/aromatic N) is 3. The zero-order valence-electron chi connectivity index (χ0n) is 18.5. The molecule has 1 saturated heterocycles. The topological polar surface area (TPSA) is 85.7 Å². The Morgan fingerprint density at radius 3 is 2.74 bits per heavy atom. The van der Waals surface area contributed by atoms with Crippen LogP contribution in [0.4, 0.5) is 10.1 Å². The summed E-state index contributed by atoms with van der Waals surface area (Å²) >= 11 is 6.41. The van der Waals surface area contributed by atoms with Crippen molar-refractivity contribution in [1.29, 1.82) is 0 Å². The standard InChI is InChI=1S/C24H24ClFN4O4/c1-33-24(32)18-7-2-3-8-20(18)30-23(31)22(25)19(14-28-30)27-15-21(29-9-11-34-12-10-29)16-5-4-6-17(26)13-16/h2-8,13-14,21,27H,9-12,15H2,1H3. The third-order valence-corrected chi connectivity index (χ3v) is 6.03. The Morgan fingerprint density at radius 1 is 1.24 bits per heavy atom. The number of morpholine rings is 1. The van der Waals surface area contributed by atoms with Crippen molar-refractivity contribution in [3.63, 3.8) is 0 Å². The van der Waals surface area contributed by atoms with Crippen LogP contribution in [0.1, 0.15) is 22.0 Å². The number of halogens is 2. The third kappa shape index (κ3) is 5.11. The number of hydrogen-bond donors (Lipinski definition) is 1. The van der Waals surface area contributed by atoms with Gasteiger partial charge in [-0.2, -0.15) is 9.78 Å². The Bertz CT molecular complexity index is 1230. The molecule has 3 aromatic rings. The first-order valence-corrected chi connectivity index (χ1v) is 11.1.